The summed E-state index contributed by atoms with van der Waals surface area (Å²) in [6.07, 6.45) is 0.452. The average Bonchev–Trinajstić information content (AvgIpc) is 2.47. The van der Waals surface area contributed by atoms with E-state index in [4.69, 9.17) is 15.4 Å². The van der Waals surface area contributed by atoms with Gasteiger partial charge in [-0.15, -0.1) is 0 Å². The Labute approximate surface area is 75.7 Å². The van der Waals surface area contributed by atoms with E-state index in [1.165, 1.54) is 0 Å². The first kappa shape index (κ1) is 9.60. The van der Waals surface area contributed by atoms with Gasteiger partial charge in [0.2, 0.25) is 0 Å². The maximum absolute atomic E-state index is 10.4. The molecule has 0 saturated heterocycles. The molecule has 13 heavy (non-hydrogen) atoms. The molecule has 0 aliphatic carbocycles. The molecule has 5 heteroatoms. The normalized spacial score (nSPS) is 10.0. The molecular formula is C8H12N2O3. The zero-order valence-corrected chi connectivity index (χ0v) is 7.36. The van der Waals surface area contributed by atoms with E-state index < -0.39 is 6.03 Å². The van der Waals surface area contributed by atoms with E-state index in [1.807, 2.05) is 13.0 Å². The average molecular weight is 184 g/mol. The topological polar surface area (TPSA) is 79.7 Å². The molecule has 0 aliphatic heterocycles. The molecule has 0 aromatic carbocycles. The van der Waals surface area contributed by atoms with Crippen LogP contribution < -0.4 is 5.73 Å². The summed E-state index contributed by atoms with van der Waals surface area (Å²) in [6, 6.07) is 2.76. The lowest BCUT2D eigenvalue weighted by Gasteiger charge is -2.09. The van der Waals surface area contributed by atoms with E-state index in [9.17, 15) is 4.79 Å². The Morgan fingerprint density at radius 2 is 2.38 bits per heavy atom. The van der Waals surface area contributed by atoms with Crippen LogP contribution in [0, 0.1) is 6.92 Å². The van der Waals surface area contributed by atoms with Gasteiger partial charge in [0.1, 0.15) is 11.5 Å². The third-order valence-electron chi connectivity index (χ3n) is 1.62. The highest BCUT2D eigenvalue weighted by atomic mass is 16.5. The summed E-state index contributed by atoms with van der Waals surface area (Å²) in [5.41, 5.74) is 4.81. The van der Waals surface area contributed by atoms with E-state index in [-0.39, 0.29) is 6.54 Å². The quantitative estimate of drug-likeness (QED) is 0.541. The van der Waals surface area contributed by atoms with Gasteiger partial charge in [0.25, 0.3) is 0 Å². The monoisotopic (exact) mass is 184 g/mol. The molecule has 72 valence electrons. The van der Waals surface area contributed by atoms with Gasteiger partial charge in [-0.25, -0.2) is 9.86 Å². The number of aryl methyl sites for hydroxylation is 1. The smallest absolute Gasteiger partial charge is 0.338 e. The molecule has 2 amide bonds. The minimum atomic E-state index is -0.858. The third kappa shape index (κ3) is 2.79. The molecule has 1 aromatic rings. The van der Waals surface area contributed by atoms with Crippen LogP contribution in [0.2, 0.25) is 0 Å². The number of hydrogen-bond acceptors (Lipinski definition) is 3. The number of nitrogens with zero attached hydrogens (tertiary/aromatic N) is 1. The van der Waals surface area contributed by atoms with E-state index in [1.54, 1.807) is 6.07 Å². The molecule has 0 aliphatic rings. The molecular weight excluding hydrogens is 172 g/mol. The number of hydroxylamine groups is 2. The zero-order valence-electron chi connectivity index (χ0n) is 7.36. The van der Waals surface area contributed by atoms with Crippen LogP contribution in [0.3, 0.4) is 0 Å². The molecule has 1 aromatic heterocycles. The van der Waals surface area contributed by atoms with Crippen LogP contribution in [0.15, 0.2) is 16.5 Å². The number of carbonyl (C=O) groups excluding carboxylic acids is 1. The fourth-order valence-corrected chi connectivity index (χ4v) is 0.946. The lowest BCUT2D eigenvalue weighted by molar-refractivity contribution is -0.0390. The molecule has 0 fully saturated rings. The number of rotatable bonds is 3. The second kappa shape index (κ2) is 3.95. The van der Waals surface area contributed by atoms with Gasteiger partial charge in [0, 0.05) is 6.42 Å². The van der Waals surface area contributed by atoms with Crippen molar-refractivity contribution in [3.05, 3.63) is 23.7 Å². The molecule has 0 bridgehead atoms. The van der Waals surface area contributed by atoms with Crippen LogP contribution >= 0.6 is 0 Å². The van der Waals surface area contributed by atoms with Crippen molar-refractivity contribution in [1.82, 2.24) is 5.06 Å². The Morgan fingerprint density at radius 1 is 1.69 bits per heavy atom. The molecule has 0 saturated carbocycles. The van der Waals surface area contributed by atoms with Crippen molar-refractivity contribution >= 4 is 6.03 Å². The van der Waals surface area contributed by atoms with Gasteiger partial charge in [-0.05, 0) is 19.1 Å². The van der Waals surface area contributed by atoms with Crippen molar-refractivity contribution in [2.45, 2.75) is 13.3 Å². The van der Waals surface area contributed by atoms with Crippen LogP contribution in [0.5, 0.6) is 0 Å². The molecule has 0 spiro atoms. The minimum Gasteiger partial charge on any atom is -0.466 e. The number of urea groups is 1. The first-order valence-corrected chi connectivity index (χ1v) is 3.91. The highest BCUT2D eigenvalue weighted by molar-refractivity contribution is 5.70. The standard InChI is InChI=1S/C8H12N2O3/c1-6-2-3-7(13-6)4-5-10(12)8(9)11/h2-3,12H,4-5H2,1H3,(H2,9,11). The van der Waals surface area contributed by atoms with E-state index >= 15 is 0 Å². The largest absolute Gasteiger partial charge is 0.466 e. The molecule has 1 heterocycles. The van der Waals surface area contributed by atoms with Crippen LogP contribution in [-0.2, 0) is 6.42 Å². The molecule has 0 atom stereocenters. The van der Waals surface area contributed by atoms with Crippen LogP contribution in [0.25, 0.3) is 0 Å². The van der Waals surface area contributed by atoms with Crippen LogP contribution in [0.4, 0.5) is 4.79 Å². The van der Waals surface area contributed by atoms with E-state index in [0.717, 1.165) is 11.5 Å². The van der Waals surface area contributed by atoms with Gasteiger partial charge in [0.05, 0.1) is 6.54 Å². The second-order valence-corrected chi connectivity index (χ2v) is 2.72. The summed E-state index contributed by atoms with van der Waals surface area (Å²) in [6.45, 7) is 1.97. The summed E-state index contributed by atoms with van der Waals surface area (Å²) >= 11 is 0. The zero-order chi connectivity index (χ0) is 9.84. The van der Waals surface area contributed by atoms with Crippen molar-refractivity contribution in [2.75, 3.05) is 6.54 Å². The number of hydrogen-bond donors (Lipinski definition) is 2. The first-order valence-electron chi connectivity index (χ1n) is 3.91. The SMILES string of the molecule is Cc1ccc(CCN(O)C(N)=O)o1. The summed E-state index contributed by atoms with van der Waals surface area (Å²) in [7, 11) is 0. The molecule has 3 N–H and O–H groups in total. The first-order chi connectivity index (χ1) is 6.09. The minimum absolute atomic E-state index is 0.141. The fraction of sp³-hybridized carbons (Fsp3) is 0.375. The van der Waals surface area contributed by atoms with Gasteiger partial charge in [0.15, 0.2) is 0 Å². The highest BCUT2D eigenvalue weighted by Gasteiger charge is 2.06. The predicted molar refractivity (Wildman–Crippen MR) is 45.2 cm³/mol. The molecule has 0 unspecified atom stereocenters. The fourth-order valence-electron chi connectivity index (χ4n) is 0.946. The lowest BCUT2D eigenvalue weighted by Crippen LogP contribution is -2.34. The number of carbonyl (C=O) groups is 1. The Morgan fingerprint density at radius 3 is 2.85 bits per heavy atom. The summed E-state index contributed by atoms with van der Waals surface area (Å²) in [5, 5.41) is 9.37. The Kier molecular flexibility index (Phi) is 2.92. The highest BCUT2D eigenvalue weighted by Crippen LogP contribution is 2.06. The van der Waals surface area contributed by atoms with Crippen molar-refractivity contribution in [3.63, 3.8) is 0 Å². The van der Waals surface area contributed by atoms with Crippen LogP contribution in [-0.4, -0.2) is 22.8 Å². The maximum Gasteiger partial charge on any atom is 0.338 e. The van der Waals surface area contributed by atoms with Crippen LogP contribution in [0.1, 0.15) is 11.5 Å². The van der Waals surface area contributed by atoms with Gasteiger partial charge in [-0.3, -0.25) is 5.21 Å². The maximum atomic E-state index is 10.4. The van der Waals surface area contributed by atoms with Crippen molar-refractivity contribution in [2.24, 2.45) is 5.73 Å². The van der Waals surface area contributed by atoms with Gasteiger partial charge >= 0.3 is 6.03 Å². The van der Waals surface area contributed by atoms with Crippen molar-refractivity contribution in [3.8, 4) is 0 Å². The van der Waals surface area contributed by atoms with Gasteiger partial charge < -0.3 is 10.2 Å². The van der Waals surface area contributed by atoms with Gasteiger partial charge in [-0.1, -0.05) is 0 Å². The number of primary amides is 1. The third-order valence-corrected chi connectivity index (χ3v) is 1.62. The Hall–Kier alpha value is -1.49. The number of nitrogens with two attached hydrogens (primary N) is 1. The second-order valence-electron chi connectivity index (χ2n) is 2.72. The summed E-state index contributed by atoms with van der Waals surface area (Å²) in [4.78, 5) is 10.4. The lowest BCUT2D eigenvalue weighted by atomic mass is 10.3. The molecule has 5 nitrogen and oxygen atoms in total. The van der Waals surface area contributed by atoms with E-state index in [0.29, 0.717) is 11.5 Å². The Balaban J connectivity index is 2.39. The summed E-state index contributed by atoms with van der Waals surface area (Å²) < 4.78 is 5.22. The number of amides is 2. The predicted octanol–water partition coefficient (Wildman–Crippen LogP) is 0.900. The van der Waals surface area contributed by atoms with Crippen molar-refractivity contribution in [1.29, 1.82) is 0 Å². The Bertz CT molecular complexity index is 295. The van der Waals surface area contributed by atoms with E-state index in [2.05, 4.69) is 0 Å². The van der Waals surface area contributed by atoms with Crippen molar-refractivity contribution < 1.29 is 14.4 Å². The molecule has 1 rings (SSSR count). The number of furan rings is 1. The van der Waals surface area contributed by atoms with Gasteiger partial charge in [-0.2, -0.15) is 0 Å². The molecule has 0 radical (unpaired) electrons. The summed E-state index contributed by atoms with van der Waals surface area (Å²) in [5.74, 6) is 1.52.